The second-order valence-electron chi connectivity index (χ2n) is 6.32. The van der Waals surface area contributed by atoms with E-state index >= 15 is 0 Å². The second kappa shape index (κ2) is 7.42. The molecule has 1 saturated heterocycles. The molecule has 1 atom stereocenters. The highest BCUT2D eigenvalue weighted by Gasteiger charge is 2.30. The number of hydrogen-bond donors (Lipinski definition) is 1. The molecule has 2 aromatic rings. The summed E-state index contributed by atoms with van der Waals surface area (Å²) in [6.45, 7) is 8.11. The van der Waals surface area contributed by atoms with Crippen molar-refractivity contribution in [3.63, 3.8) is 0 Å². The number of hydrogen-bond acceptors (Lipinski definition) is 5. The van der Waals surface area contributed by atoms with E-state index in [0.29, 0.717) is 0 Å². The maximum absolute atomic E-state index is 11.8. The van der Waals surface area contributed by atoms with Crippen molar-refractivity contribution in [3.8, 4) is 0 Å². The van der Waals surface area contributed by atoms with Crippen LogP contribution in [-0.2, 0) is 11.3 Å². The normalized spacial score (nSPS) is 17.8. The first-order chi connectivity index (χ1) is 11.5. The number of aliphatic carboxylic acids is 1. The van der Waals surface area contributed by atoms with Gasteiger partial charge in [0.1, 0.15) is 6.04 Å². The van der Waals surface area contributed by atoms with E-state index in [9.17, 15) is 9.90 Å². The molecule has 1 aliphatic rings. The number of carboxylic acids is 1. The Bertz CT molecular complexity index is 708. The number of carboxylic acid groups (broad SMARTS) is 1. The third-order valence-corrected chi connectivity index (χ3v) is 5.24. The number of nitrogens with zero attached hydrogens (tertiary/aromatic N) is 3. The Morgan fingerprint density at radius 1 is 1.29 bits per heavy atom. The summed E-state index contributed by atoms with van der Waals surface area (Å²) in [5.74, 6) is -0.774. The first-order valence-electron chi connectivity index (χ1n) is 8.20. The molecule has 0 saturated carbocycles. The van der Waals surface area contributed by atoms with E-state index in [1.165, 1.54) is 0 Å². The lowest BCUT2D eigenvalue weighted by Gasteiger charge is -2.37. The van der Waals surface area contributed by atoms with Gasteiger partial charge in [-0.2, -0.15) is 0 Å². The SMILES string of the molecule is Cc1cccc(C(C(=O)O)N2CCN(Cc3csc(C)n3)CC2)c1. The molecule has 0 radical (unpaired) electrons. The highest BCUT2D eigenvalue weighted by atomic mass is 32.1. The first kappa shape index (κ1) is 17.1. The predicted molar refractivity (Wildman–Crippen MR) is 95.3 cm³/mol. The molecule has 6 heteroatoms. The van der Waals surface area contributed by atoms with Crippen molar-refractivity contribution in [2.75, 3.05) is 26.2 Å². The predicted octanol–water partition coefficient (Wildman–Crippen LogP) is 2.70. The van der Waals surface area contributed by atoms with Gasteiger partial charge < -0.3 is 5.11 Å². The Kier molecular flexibility index (Phi) is 5.28. The van der Waals surface area contributed by atoms with Gasteiger partial charge in [0.2, 0.25) is 0 Å². The monoisotopic (exact) mass is 345 g/mol. The van der Waals surface area contributed by atoms with Crippen LogP contribution in [0.25, 0.3) is 0 Å². The average Bonchev–Trinajstić information content (AvgIpc) is 2.94. The van der Waals surface area contributed by atoms with Gasteiger partial charge in [-0.05, 0) is 19.4 Å². The van der Waals surface area contributed by atoms with Gasteiger partial charge in [0, 0.05) is 38.1 Å². The van der Waals surface area contributed by atoms with Gasteiger partial charge in [-0.25, -0.2) is 4.98 Å². The molecule has 128 valence electrons. The molecular formula is C18H23N3O2S. The van der Waals surface area contributed by atoms with Crippen molar-refractivity contribution in [3.05, 3.63) is 51.5 Å². The van der Waals surface area contributed by atoms with Crippen LogP contribution in [0.3, 0.4) is 0 Å². The molecule has 2 heterocycles. The van der Waals surface area contributed by atoms with E-state index in [1.807, 2.05) is 38.1 Å². The van der Waals surface area contributed by atoms with Crippen LogP contribution < -0.4 is 0 Å². The van der Waals surface area contributed by atoms with Crippen LogP contribution in [-0.4, -0.2) is 52.0 Å². The molecule has 0 aliphatic carbocycles. The maximum atomic E-state index is 11.8. The van der Waals surface area contributed by atoms with Crippen molar-refractivity contribution in [2.24, 2.45) is 0 Å². The van der Waals surface area contributed by atoms with Crippen molar-refractivity contribution in [2.45, 2.75) is 26.4 Å². The van der Waals surface area contributed by atoms with Crippen molar-refractivity contribution < 1.29 is 9.90 Å². The van der Waals surface area contributed by atoms with Crippen molar-refractivity contribution in [1.82, 2.24) is 14.8 Å². The molecule has 1 fully saturated rings. The Balaban J connectivity index is 1.64. The summed E-state index contributed by atoms with van der Waals surface area (Å²) in [5, 5.41) is 12.9. The van der Waals surface area contributed by atoms with E-state index in [-0.39, 0.29) is 0 Å². The third-order valence-electron chi connectivity index (χ3n) is 4.42. The molecule has 24 heavy (non-hydrogen) atoms. The minimum absolute atomic E-state index is 0.562. The van der Waals surface area contributed by atoms with E-state index in [2.05, 4.69) is 20.2 Å². The number of piperazine rings is 1. The Morgan fingerprint density at radius 3 is 2.62 bits per heavy atom. The number of aryl methyl sites for hydroxylation is 2. The Labute approximate surface area is 146 Å². The summed E-state index contributed by atoms with van der Waals surface area (Å²) in [5.41, 5.74) is 3.07. The fourth-order valence-corrected chi connectivity index (χ4v) is 3.84. The summed E-state index contributed by atoms with van der Waals surface area (Å²) in [6, 6.07) is 7.26. The zero-order chi connectivity index (χ0) is 17.1. The Morgan fingerprint density at radius 2 is 2.04 bits per heavy atom. The van der Waals surface area contributed by atoms with Crippen LogP contribution >= 0.6 is 11.3 Å². The quantitative estimate of drug-likeness (QED) is 0.903. The van der Waals surface area contributed by atoms with Gasteiger partial charge in [0.25, 0.3) is 0 Å². The van der Waals surface area contributed by atoms with Crippen LogP contribution in [0.2, 0.25) is 0 Å². The molecule has 3 rings (SSSR count). The third kappa shape index (κ3) is 4.01. The number of rotatable bonds is 5. The van der Waals surface area contributed by atoms with Gasteiger partial charge in [-0.3, -0.25) is 14.6 Å². The van der Waals surface area contributed by atoms with Gasteiger partial charge in [-0.15, -0.1) is 11.3 Å². The lowest BCUT2D eigenvalue weighted by atomic mass is 10.0. The summed E-state index contributed by atoms with van der Waals surface area (Å²) in [6.07, 6.45) is 0. The molecule has 0 amide bonds. The van der Waals surface area contributed by atoms with E-state index in [0.717, 1.165) is 54.6 Å². The summed E-state index contributed by atoms with van der Waals surface area (Å²) >= 11 is 1.68. The lowest BCUT2D eigenvalue weighted by Crippen LogP contribution is -2.48. The van der Waals surface area contributed by atoms with E-state index in [1.54, 1.807) is 11.3 Å². The van der Waals surface area contributed by atoms with Gasteiger partial charge in [0.05, 0.1) is 10.7 Å². The zero-order valence-electron chi connectivity index (χ0n) is 14.1. The molecule has 1 aromatic heterocycles. The number of aromatic nitrogens is 1. The molecule has 1 aliphatic heterocycles. The van der Waals surface area contributed by atoms with Gasteiger partial charge in [0.15, 0.2) is 0 Å². The minimum atomic E-state index is -0.774. The standard InChI is InChI=1S/C18H23N3O2S/c1-13-4-3-5-15(10-13)17(18(22)23)21-8-6-20(7-9-21)11-16-12-24-14(2)19-16/h3-5,10,12,17H,6-9,11H2,1-2H3,(H,22,23). The van der Waals surface area contributed by atoms with E-state index in [4.69, 9.17) is 0 Å². The lowest BCUT2D eigenvalue weighted by molar-refractivity contribution is -0.144. The molecule has 0 spiro atoms. The topological polar surface area (TPSA) is 56.7 Å². The van der Waals surface area contributed by atoms with Gasteiger partial charge >= 0.3 is 5.97 Å². The average molecular weight is 345 g/mol. The summed E-state index contributed by atoms with van der Waals surface area (Å²) in [7, 11) is 0. The molecule has 0 bridgehead atoms. The van der Waals surface area contributed by atoms with Crippen LogP contribution in [0.1, 0.15) is 27.9 Å². The van der Waals surface area contributed by atoms with Crippen LogP contribution in [0.4, 0.5) is 0 Å². The highest BCUT2D eigenvalue weighted by Crippen LogP contribution is 2.24. The van der Waals surface area contributed by atoms with E-state index < -0.39 is 12.0 Å². The highest BCUT2D eigenvalue weighted by molar-refractivity contribution is 7.09. The largest absolute Gasteiger partial charge is 0.480 e. The molecular weight excluding hydrogens is 322 g/mol. The zero-order valence-corrected chi connectivity index (χ0v) is 14.9. The summed E-state index contributed by atoms with van der Waals surface area (Å²) in [4.78, 5) is 20.8. The molecule has 1 aromatic carbocycles. The van der Waals surface area contributed by atoms with Crippen LogP contribution in [0.5, 0.6) is 0 Å². The number of carbonyl (C=O) groups is 1. The summed E-state index contributed by atoms with van der Waals surface area (Å²) < 4.78 is 0. The number of thiazole rings is 1. The number of benzene rings is 1. The van der Waals surface area contributed by atoms with Gasteiger partial charge in [-0.1, -0.05) is 29.8 Å². The fraction of sp³-hybridized carbons (Fsp3) is 0.444. The minimum Gasteiger partial charge on any atom is -0.480 e. The maximum Gasteiger partial charge on any atom is 0.325 e. The van der Waals surface area contributed by atoms with Crippen molar-refractivity contribution in [1.29, 1.82) is 0 Å². The van der Waals surface area contributed by atoms with Crippen LogP contribution in [0.15, 0.2) is 29.6 Å². The molecule has 1 unspecified atom stereocenters. The fourth-order valence-electron chi connectivity index (χ4n) is 3.24. The second-order valence-corrected chi connectivity index (χ2v) is 7.39. The van der Waals surface area contributed by atoms with Crippen molar-refractivity contribution >= 4 is 17.3 Å². The molecule has 5 nitrogen and oxygen atoms in total. The van der Waals surface area contributed by atoms with Crippen LogP contribution in [0, 0.1) is 13.8 Å². The smallest absolute Gasteiger partial charge is 0.325 e. The first-order valence-corrected chi connectivity index (χ1v) is 9.07. The molecule has 1 N–H and O–H groups in total. The Hall–Kier alpha value is -1.76.